The summed E-state index contributed by atoms with van der Waals surface area (Å²) in [6, 6.07) is 12.8. The number of hydrogen-bond donors (Lipinski definition) is 1. The zero-order valence-electron chi connectivity index (χ0n) is 11.7. The molecule has 0 saturated carbocycles. The highest BCUT2D eigenvalue weighted by molar-refractivity contribution is 9.10. The summed E-state index contributed by atoms with van der Waals surface area (Å²) in [6.45, 7) is 0.517. The minimum absolute atomic E-state index is 0.312. The zero-order chi connectivity index (χ0) is 15.2. The van der Waals surface area contributed by atoms with Crippen LogP contribution in [0.1, 0.15) is 17.4 Å². The summed E-state index contributed by atoms with van der Waals surface area (Å²) in [5.41, 5.74) is 1.52. The van der Waals surface area contributed by atoms with Crippen LogP contribution in [0, 0.1) is 0 Å². The summed E-state index contributed by atoms with van der Waals surface area (Å²) in [6.07, 6.45) is 1.26. The zero-order valence-corrected chi connectivity index (χ0v) is 13.3. The van der Waals surface area contributed by atoms with Crippen LogP contribution in [-0.2, 0) is 11.2 Å². The Morgan fingerprint density at radius 3 is 2.62 bits per heavy atom. The number of carbonyl (C=O) groups is 1. The van der Waals surface area contributed by atoms with Crippen LogP contribution in [-0.4, -0.2) is 34.5 Å². The van der Waals surface area contributed by atoms with Crippen molar-refractivity contribution in [1.82, 2.24) is 9.88 Å². The number of nitrogens with zero attached hydrogens (tertiary/aromatic N) is 2. The summed E-state index contributed by atoms with van der Waals surface area (Å²) in [5, 5.41) is 10.1. The van der Waals surface area contributed by atoms with E-state index in [-0.39, 0.29) is 5.91 Å². The van der Waals surface area contributed by atoms with Crippen LogP contribution in [0.25, 0.3) is 0 Å². The Bertz CT molecular complexity index is 587. The lowest BCUT2D eigenvalue weighted by molar-refractivity contribution is -0.139. The number of aliphatic hydroxyl groups is 1. The molecule has 4 nitrogen and oxygen atoms in total. The van der Waals surface area contributed by atoms with Gasteiger partial charge in [-0.25, -0.2) is 0 Å². The molecule has 0 aliphatic carbocycles. The van der Waals surface area contributed by atoms with E-state index in [1.807, 2.05) is 18.2 Å². The van der Waals surface area contributed by atoms with E-state index in [0.29, 0.717) is 18.5 Å². The molecule has 2 rings (SSSR count). The number of rotatable bonds is 5. The van der Waals surface area contributed by atoms with Gasteiger partial charge >= 0.3 is 0 Å². The molecule has 0 spiro atoms. The van der Waals surface area contributed by atoms with E-state index in [1.165, 1.54) is 4.90 Å². The summed E-state index contributed by atoms with van der Waals surface area (Å²) in [7, 11) is 1.69. The van der Waals surface area contributed by atoms with E-state index < -0.39 is 6.10 Å². The third-order valence-electron chi connectivity index (χ3n) is 3.23. The molecule has 110 valence electrons. The Kier molecular flexibility index (Phi) is 5.47. The molecule has 0 saturated heterocycles. The Hall–Kier alpha value is -1.72. The minimum atomic E-state index is -1.13. The van der Waals surface area contributed by atoms with Crippen LogP contribution < -0.4 is 0 Å². The molecule has 1 unspecified atom stereocenters. The molecule has 0 aliphatic rings. The van der Waals surface area contributed by atoms with E-state index in [0.717, 1.165) is 10.2 Å². The van der Waals surface area contributed by atoms with Crippen LogP contribution in [0.3, 0.4) is 0 Å². The molecule has 1 amide bonds. The maximum absolute atomic E-state index is 12.2. The Labute approximate surface area is 132 Å². The lowest BCUT2D eigenvalue weighted by atomic mass is 10.1. The highest BCUT2D eigenvalue weighted by Gasteiger charge is 2.21. The summed E-state index contributed by atoms with van der Waals surface area (Å²) in [5.74, 6) is -0.312. The topological polar surface area (TPSA) is 53.4 Å². The van der Waals surface area contributed by atoms with Gasteiger partial charge in [-0.05, 0) is 29.8 Å². The number of likely N-dealkylation sites (N-methyl/N-ethyl adjacent to an activating group) is 1. The van der Waals surface area contributed by atoms with Gasteiger partial charge in [0.05, 0.1) is 0 Å². The third kappa shape index (κ3) is 4.37. The predicted octanol–water partition coefficient (Wildman–Crippen LogP) is 2.58. The number of benzene rings is 1. The van der Waals surface area contributed by atoms with Gasteiger partial charge < -0.3 is 10.0 Å². The van der Waals surface area contributed by atoms with Crippen LogP contribution in [0.5, 0.6) is 0 Å². The highest BCUT2D eigenvalue weighted by atomic mass is 79.9. The minimum Gasteiger partial charge on any atom is -0.378 e. The van der Waals surface area contributed by atoms with E-state index in [9.17, 15) is 9.90 Å². The number of pyridine rings is 1. The second-order valence-electron chi connectivity index (χ2n) is 4.78. The molecule has 0 radical (unpaired) electrons. The number of aromatic nitrogens is 1. The lowest BCUT2D eigenvalue weighted by Crippen LogP contribution is -2.33. The van der Waals surface area contributed by atoms with Crippen LogP contribution in [0.4, 0.5) is 0 Å². The second-order valence-corrected chi connectivity index (χ2v) is 5.70. The van der Waals surface area contributed by atoms with Crippen LogP contribution >= 0.6 is 15.9 Å². The fraction of sp³-hybridized carbons (Fsp3) is 0.250. The van der Waals surface area contributed by atoms with Crippen molar-refractivity contribution < 1.29 is 9.90 Å². The van der Waals surface area contributed by atoms with Crippen molar-refractivity contribution in [3.8, 4) is 0 Å². The van der Waals surface area contributed by atoms with Gasteiger partial charge in [0.15, 0.2) is 6.10 Å². The molecule has 0 aliphatic heterocycles. The smallest absolute Gasteiger partial charge is 0.255 e. The standard InChI is InChI=1S/C16H17BrN2O2/c1-19(11-9-14-4-2-3-10-18-14)16(21)15(20)12-5-7-13(17)8-6-12/h2-8,10,15,20H,9,11H2,1H3. The second kappa shape index (κ2) is 7.33. The molecule has 1 aromatic heterocycles. The molecule has 2 aromatic rings. The first-order valence-corrected chi connectivity index (χ1v) is 7.45. The fourth-order valence-electron chi connectivity index (χ4n) is 1.93. The predicted molar refractivity (Wildman–Crippen MR) is 84.7 cm³/mol. The highest BCUT2D eigenvalue weighted by Crippen LogP contribution is 2.18. The van der Waals surface area contributed by atoms with Gasteiger partial charge in [0, 0.05) is 36.4 Å². The monoisotopic (exact) mass is 348 g/mol. The first-order valence-electron chi connectivity index (χ1n) is 6.66. The van der Waals surface area contributed by atoms with Crippen molar-refractivity contribution in [3.05, 3.63) is 64.4 Å². The largest absolute Gasteiger partial charge is 0.378 e. The molecule has 0 fully saturated rings. The molecule has 1 atom stereocenters. The summed E-state index contributed by atoms with van der Waals surface area (Å²) in [4.78, 5) is 17.9. The number of aliphatic hydroxyl groups excluding tert-OH is 1. The third-order valence-corrected chi connectivity index (χ3v) is 3.75. The maximum atomic E-state index is 12.2. The molecule has 1 aromatic carbocycles. The summed E-state index contributed by atoms with van der Waals surface area (Å²) < 4.78 is 0.911. The quantitative estimate of drug-likeness (QED) is 0.903. The first-order chi connectivity index (χ1) is 10.1. The van der Waals surface area contributed by atoms with Crippen molar-refractivity contribution in [2.45, 2.75) is 12.5 Å². The molecule has 1 N–H and O–H groups in total. The molecule has 21 heavy (non-hydrogen) atoms. The van der Waals surface area contributed by atoms with E-state index >= 15 is 0 Å². The SMILES string of the molecule is CN(CCc1ccccn1)C(=O)C(O)c1ccc(Br)cc1. The first kappa shape index (κ1) is 15.7. The Balaban J connectivity index is 1.94. The maximum Gasteiger partial charge on any atom is 0.255 e. The fourth-order valence-corrected chi connectivity index (χ4v) is 2.20. The van der Waals surface area contributed by atoms with Crippen LogP contribution in [0.15, 0.2) is 53.1 Å². The lowest BCUT2D eigenvalue weighted by Gasteiger charge is -2.20. The van der Waals surface area contributed by atoms with Gasteiger partial charge in [-0.3, -0.25) is 9.78 Å². The number of hydrogen-bond acceptors (Lipinski definition) is 3. The molecule has 5 heteroatoms. The van der Waals surface area contributed by atoms with E-state index in [2.05, 4.69) is 20.9 Å². The molecule has 0 bridgehead atoms. The van der Waals surface area contributed by atoms with Crippen LogP contribution in [0.2, 0.25) is 0 Å². The van der Waals surface area contributed by atoms with Gasteiger partial charge in [0.25, 0.3) is 5.91 Å². The number of halogens is 1. The Morgan fingerprint density at radius 1 is 1.29 bits per heavy atom. The van der Waals surface area contributed by atoms with Gasteiger partial charge in [0.2, 0.25) is 0 Å². The van der Waals surface area contributed by atoms with Crippen molar-refractivity contribution >= 4 is 21.8 Å². The average molecular weight is 349 g/mol. The van der Waals surface area contributed by atoms with Crippen molar-refractivity contribution in [2.75, 3.05) is 13.6 Å². The molecular weight excluding hydrogens is 332 g/mol. The van der Waals surface area contributed by atoms with E-state index in [1.54, 1.807) is 37.5 Å². The van der Waals surface area contributed by atoms with Gasteiger partial charge in [-0.2, -0.15) is 0 Å². The number of carbonyl (C=O) groups excluding carboxylic acids is 1. The van der Waals surface area contributed by atoms with Gasteiger partial charge in [-0.15, -0.1) is 0 Å². The Morgan fingerprint density at radius 2 is 2.00 bits per heavy atom. The van der Waals surface area contributed by atoms with Crippen molar-refractivity contribution in [3.63, 3.8) is 0 Å². The normalized spacial score (nSPS) is 12.0. The van der Waals surface area contributed by atoms with E-state index in [4.69, 9.17) is 0 Å². The molecule has 1 heterocycles. The van der Waals surface area contributed by atoms with Crippen molar-refractivity contribution in [1.29, 1.82) is 0 Å². The average Bonchev–Trinajstić information content (AvgIpc) is 2.53. The number of amides is 1. The van der Waals surface area contributed by atoms with Gasteiger partial charge in [0.1, 0.15) is 0 Å². The van der Waals surface area contributed by atoms with Crippen molar-refractivity contribution in [2.24, 2.45) is 0 Å². The summed E-state index contributed by atoms with van der Waals surface area (Å²) >= 11 is 3.33. The van der Waals surface area contributed by atoms with Gasteiger partial charge in [-0.1, -0.05) is 34.1 Å². The molecular formula is C16H17BrN2O2.